The molecule has 2 atom stereocenters. The Morgan fingerprint density at radius 3 is 2.47 bits per heavy atom. The lowest BCUT2D eigenvalue weighted by atomic mass is 9.99. The van der Waals surface area contributed by atoms with Gasteiger partial charge in [-0.05, 0) is 42.5 Å². The van der Waals surface area contributed by atoms with Crippen molar-refractivity contribution in [2.75, 3.05) is 0 Å². The van der Waals surface area contributed by atoms with Crippen LogP contribution < -0.4 is 0 Å². The lowest BCUT2D eigenvalue weighted by Crippen LogP contribution is -2.05. The maximum absolute atomic E-state index is 12.5. The molecule has 2 heteroatoms. The van der Waals surface area contributed by atoms with Gasteiger partial charge in [-0.3, -0.25) is 4.79 Å². The molecule has 0 bridgehead atoms. The molecule has 0 spiro atoms. The van der Waals surface area contributed by atoms with Crippen molar-refractivity contribution in [3.8, 4) is 0 Å². The molecule has 0 N–H and O–H groups in total. The molecular weight excluding hydrogens is 300 g/mol. The van der Waals surface area contributed by atoms with Crippen LogP contribution in [0.3, 0.4) is 0 Å². The molecule has 0 heterocycles. The van der Waals surface area contributed by atoms with Crippen LogP contribution in [0.2, 0.25) is 0 Å². The van der Waals surface area contributed by atoms with Crippen molar-refractivity contribution in [1.82, 2.24) is 0 Å². The molecule has 1 aliphatic rings. The summed E-state index contributed by atoms with van der Waals surface area (Å²) < 4.78 is 1.08. The van der Waals surface area contributed by atoms with Crippen LogP contribution in [0.15, 0.2) is 53.0 Å². The lowest BCUT2D eigenvalue weighted by molar-refractivity contribution is 0.0964. The monoisotopic (exact) mass is 314 g/mol. The minimum absolute atomic E-state index is 0.169. The van der Waals surface area contributed by atoms with Crippen LogP contribution >= 0.6 is 15.9 Å². The molecule has 0 amide bonds. The summed E-state index contributed by atoms with van der Waals surface area (Å²) in [5.41, 5.74) is 3.23. The number of Topliss-reactive ketones (excluding diaryl/α,β-unsaturated/α-hetero) is 1. The van der Waals surface area contributed by atoms with Crippen LogP contribution in [0.5, 0.6) is 0 Å². The van der Waals surface area contributed by atoms with E-state index in [0.29, 0.717) is 11.7 Å². The highest BCUT2D eigenvalue weighted by atomic mass is 79.9. The van der Waals surface area contributed by atoms with Gasteiger partial charge in [0.2, 0.25) is 0 Å². The molecule has 0 radical (unpaired) electrons. The molecule has 1 aliphatic carbocycles. The van der Waals surface area contributed by atoms with E-state index < -0.39 is 0 Å². The summed E-state index contributed by atoms with van der Waals surface area (Å²) in [4.78, 5) is 12.5. The van der Waals surface area contributed by atoms with Crippen LogP contribution in [0, 0.1) is 12.8 Å². The Hall–Kier alpha value is -1.41. The van der Waals surface area contributed by atoms with Crippen molar-refractivity contribution >= 4 is 21.7 Å². The second-order valence-electron chi connectivity index (χ2n) is 5.18. The molecule has 3 rings (SSSR count). The number of carbonyl (C=O) groups excluding carboxylic acids is 1. The van der Waals surface area contributed by atoms with Crippen molar-refractivity contribution in [3.05, 3.63) is 69.7 Å². The first-order chi connectivity index (χ1) is 9.16. The van der Waals surface area contributed by atoms with E-state index in [2.05, 4.69) is 28.1 Å². The van der Waals surface area contributed by atoms with Gasteiger partial charge in [0.05, 0.1) is 0 Å². The molecule has 1 fully saturated rings. The predicted octanol–water partition coefficient (Wildman–Crippen LogP) is 4.74. The van der Waals surface area contributed by atoms with E-state index in [9.17, 15) is 4.79 Å². The maximum Gasteiger partial charge on any atom is 0.166 e. The smallest absolute Gasteiger partial charge is 0.166 e. The fourth-order valence-corrected chi connectivity index (χ4v) is 2.88. The van der Waals surface area contributed by atoms with E-state index >= 15 is 0 Å². The van der Waals surface area contributed by atoms with Crippen molar-refractivity contribution < 1.29 is 4.79 Å². The third-order valence-electron chi connectivity index (χ3n) is 3.84. The summed E-state index contributed by atoms with van der Waals surface area (Å²) in [5, 5.41) is 0. The first-order valence-corrected chi connectivity index (χ1v) is 7.31. The average Bonchev–Trinajstić information content (AvgIpc) is 3.20. The number of ketones is 1. The highest BCUT2D eigenvalue weighted by Gasteiger charge is 2.44. The summed E-state index contributed by atoms with van der Waals surface area (Å²) in [6.07, 6.45) is 0.981. The van der Waals surface area contributed by atoms with Gasteiger partial charge in [0.15, 0.2) is 5.78 Å². The van der Waals surface area contributed by atoms with Crippen molar-refractivity contribution in [1.29, 1.82) is 0 Å². The molecule has 1 saturated carbocycles. The van der Waals surface area contributed by atoms with Gasteiger partial charge in [0.1, 0.15) is 0 Å². The van der Waals surface area contributed by atoms with Crippen molar-refractivity contribution in [2.24, 2.45) is 5.92 Å². The molecule has 19 heavy (non-hydrogen) atoms. The summed E-state index contributed by atoms with van der Waals surface area (Å²) in [5.74, 6) is 0.869. The van der Waals surface area contributed by atoms with Gasteiger partial charge in [-0.25, -0.2) is 0 Å². The van der Waals surface area contributed by atoms with Crippen LogP contribution in [0.4, 0.5) is 0 Å². The van der Waals surface area contributed by atoms with E-state index in [0.717, 1.165) is 22.0 Å². The Morgan fingerprint density at radius 2 is 1.79 bits per heavy atom. The topological polar surface area (TPSA) is 17.1 Å². The Kier molecular flexibility index (Phi) is 3.28. The summed E-state index contributed by atoms with van der Waals surface area (Å²) in [6, 6.07) is 16.2. The third-order valence-corrected chi connectivity index (χ3v) is 4.36. The Labute approximate surface area is 121 Å². The molecule has 96 valence electrons. The fourth-order valence-electron chi connectivity index (χ4n) is 2.61. The van der Waals surface area contributed by atoms with Gasteiger partial charge in [-0.2, -0.15) is 0 Å². The Balaban J connectivity index is 1.78. The number of carbonyl (C=O) groups is 1. The van der Waals surface area contributed by atoms with E-state index in [1.807, 2.05) is 43.3 Å². The van der Waals surface area contributed by atoms with Gasteiger partial charge < -0.3 is 0 Å². The fraction of sp³-hybridized carbons (Fsp3) is 0.235. The Morgan fingerprint density at radius 1 is 1.11 bits per heavy atom. The second kappa shape index (κ2) is 4.93. The quantitative estimate of drug-likeness (QED) is 0.748. The van der Waals surface area contributed by atoms with Gasteiger partial charge in [0, 0.05) is 16.0 Å². The van der Waals surface area contributed by atoms with Crippen LogP contribution in [0.25, 0.3) is 0 Å². The van der Waals surface area contributed by atoms with E-state index in [4.69, 9.17) is 0 Å². The van der Waals surface area contributed by atoms with Gasteiger partial charge in [-0.15, -0.1) is 0 Å². The van der Waals surface area contributed by atoms with E-state index in [1.165, 1.54) is 5.56 Å². The molecule has 0 aromatic heterocycles. The zero-order valence-corrected chi connectivity index (χ0v) is 12.4. The average molecular weight is 315 g/mol. The molecule has 1 nitrogen and oxygen atoms in total. The largest absolute Gasteiger partial charge is 0.294 e. The van der Waals surface area contributed by atoms with Crippen LogP contribution in [0.1, 0.15) is 33.8 Å². The second-order valence-corrected chi connectivity index (χ2v) is 6.10. The summed E-state index contributed by atoms with van der Waals surface area (Å²) >= 11 is 3.44. The van der Waals surface area contributed by atoms with Gasteiger partial charge >= 0.3 is 0 Å². The lowest BCUT2D eigenvalue weighted by Gasteiger charge is -2.04. The van der Waals surface area contributed by atoms with Gasteiger partial charge in [-0.1, -0.05) is 52.3 Å². The van der Waals surface area contributed by atoms with E-state index in [-0.39, 0.29) is 5.92 Å². The number of benzene rings is 2. The highest BCUT2D eigenvalue weighted by Crippen LogP contribution is 2.49. The van der Waals surface area contributed by atoms with Crippen LogP contribution in [-0.4, -0.2) is 5.78 Å². The molecule has 2 aromatic rings. The molecule has 0 aliphatic heterocycles. The number of rotatable bonds is 3. The number of aryl methyl sites for hydroxylation is 1. The minimum Gasteiger partial charge on any atom is -0.294 e. The molecule has 2 aromatic carbocycles. The number of hydrogen-bond donors (Lipinski definition) is 0. The summed E-state index contributed by atoms with van der Waals surface area (Å²) in [6.45, 7) is 2.00. The number of halogens is 1. The zero-order chi connectivity index (χ0) is 13.4. The van der Waals surface area contributed by atoms with Crippen LogP contribution in [-0.2, 0) is 0 Å². The highest BCUT2D eigenvalue weighted by molar-refractivity contribution is 9.10. The minimum atomic E-state index is 0.169. The SMILES string of the molecule is Cc1ccccc1C(=O)C1CC1c1ccc(Br)cc1. The zero-order valence-electron chi connectivity index (χ0n) is 10.8. The van der Waals surface area contributed by atoms with Crippen molar-refractivity contribution in [3.63, 3.8) is 0 Å². The number of hydrogen-bond acceptors (Lipinski definition) is 1. The van der Waals surface area contributed by atoms with Crippen molar-refractivity contribution in [2.45, 2.75) is 19.3 Å². The molecule has 2 unspecified atom stereocenters. The van der Waals surface area contributed by atoms with E-state index in [1.54, 1.807) is 0 Å². The third kappa shape index (κ3) is 2.50. The maximum atomic E-state index is 12.5. The predicted molar refractivity (Wildman–Crippen MR) is 80.5 cm³/mol. The molecular formula is C17H15BrO. The first kappa shape index (κ1) is 12.6. The Bertz CT molecular complexity index is 615. The summed E-state index contributed by atoms with van der Waals surface area (Å²) in [7, 11) is 0. The van der Waals surface area contributed by atoms with Gasteiger partial charge in [0.25, 0.3) is 0 Å². The standard InChI is InChI=1S/C17H15BrO/c1-11-4-2-3-5-14(11)17(19)16-10-15(16)12-6-8-13(18)9-7-12/h2-9,15-16H,10H2,1H3. The molecule has 0 saturated heterocycles. The normalized spacial score (nSPS) is 21.2. The first-order valence-electron chi connectivity index (χ1n) is 6.52.